The summed E-state index contributed by atoms with van der Waals surface area (Å²) in [5, 5.41) is 8.02. The summed E-state index contributed by atoms with van der Waals surface area (Å²) in [5.74, 6) is -2.63. The van der Waals surface area contributed by atoms with E-state index < -0.39 is 35.4 Å². The minimum Gasteiger partial charge on any atom is -0.342 e. The number of carbonyl (C=O) groups excluding carboxylic acids is 3. The van der Waals surface area contributed by atoms with Crippen molar-refractivity contribution >= 4 is 40.6 Å². The summed E-state index contributed by atoms with van der Waals surface area (Å²) in [6, 6.07) is 1.50. The molecule has 3 aromatic rings. The van der Waals surface area contributed by atoms with Gasteiger partial charge in [-0.15, -0.1) is 11.3 Å². The molecule has 9 nitrogen and oxygen atoms in total. The molecular formula is C22H18F4N6O3S. The van der Waals surface area contributed by atoms with Crippen LogP contribution in [-0.4, -0.2) is 32.7 Å². The lowest BCUT2D eigenvalue weighted by molar-refractivity contribution is -0.140. The molecule has 0 fully saturated rings. The fraction of sp³-hybridized carbons (Fsp3) is 0.273. The predicted octanol–water partition coefficient (Wildman–Crippen LogP) is 4.11. The number of hydrogen-bond acceptors (Lipinski definition) is 7. The Morgan fingerprint density at radius 1 is 1.14 bits per heavy atom. The highest BCUT2D eigenvalue weighted by Crippen LogP contribution is 2.33. The Hall–Kier alpha value is -3.94. The van der Waals surface area contributed by atoms with Crippen LogP contribution in [0.2, 0.25) is 0 Å². The molecule has 3 heterocycles. The van der Waals surface area contributed by atoms with E-state index in [-0.39, 0.29) is 28.0 Å². The number of halogens is 4. The van der Waals surface area contributed by atoms with Gasteiger partial charge in [0.05, 0.1) is 17.8 Å². The van der Waals surface area contributed by atoms with Gasteiger partial charge in [0.2, 0.25) is 5.91 Å². The molecule has 1 aromatic carbocycles. The van der Waals surface area contributed by atoms with Crippen LogP contribution in [0.5, 0.6) is 0 Å². The van der Waals surface area contributed by atoms with E-state index in [0.29, 0.717) is 42.0 Å². The Morgan fingerprint density at radius 2 is 1.92 bits per heavy atom. The molecule has 4 rings (SSSR count). The molecule has 0 bridgehead atoms. The van der Waals surface area contributed by atoms with E-state index in [1.807, 2.05) is 0 Å². The lowest BCUT2D eigenvalue weighted by Gasteiger charge is -2.14. The number of fused-ring (bicyclic) bond motifs is 1. The van der Waals surface area contributed by atoms with Crippen LogP contribution in [0, 0.1) is 5.82 Å². The Kier molecular flexibility index (Phi) is 6.97. The number of carbonyl (C=O) groups is 3. The quantitative estimate of drug-likeness (QED) is 0.433. The molecule has 36 heavy (non-hydrogen) atoms. The van der Waals surface area contributed by atoms with E-state index >= 15 is 0 Å². The third kappa shape index (κ3) is 5.48. The number of alkyl halides is 3. The number of anilines is 2. The molecule has 3 N–H and O–H groups in total. The zero-order chi connectivity index (χ0) is 26.0. The summed E-state index contributed by atoms with van der Waals surface area (Å²) >= 11 is 0.927. The number of nitrogens with zero attached hydrogens (tertiary/aromatic N) is 3. The predicted molar refractivity (Wildman–Crippen MR) is 121 cm³/mol. The molecule has 1 aliphatic rings. The van der Waals surface area contributed by atoms with Crippen molar-refractivity contribution in [2.45, 2.75) is 38.4 Å². The number of benzene rings is 1. The molecule has 0 spiro atoms. The summed E-state index contributed by atoms with van der Waals surface area (Å²) in [6.07, 6.45) is -1.25. The third-order valence-corrected chi connectivity index (χ3v) is 6.42. The van der Waals surface area contributed by atoms with Gasteiger partial charge in [-0.25, -0.2) is 19.3 Å². The van der Waals surface area contributed by atoms with Gasteiger partial charge >= 0.3 is 6.18 Å². The largest absolute Gasteiger partial charge is 0.419 e. The fourth-order valence-corrected chi connectivity index (χ4v) is 4.32. The van der Waals surface area contributed by atoms with Gasteiger partial charge in [-0.1, -0.05) is 0 Å². The van der Waals surface area contributed by atoms with Crippen LogP contribution >= 0.6 is 11.3 Å². The SMILES string of the molecule is CC(NC(=O)c1ncnc2c1CCCC(=O)N2)c1ncc(C(=O)Nc2ccc(F)c(C(F)(F)F)c2)s1. The summed E-state index contributed by atoms with van der Waals surface area (Å²) in [6.45, 7) is 1.63. The maximum atomic E-state index is 13.5. The molecule has 1 unspecified atom stereocenters. The van der Waals surface area contributed by atoms with Gasteiger partial charge < -0.3 is 16.0 Å². The van der Waals surface area contributed by atoms with Crippen molar-refractivity contribution in [3.63, 3.8) is 0 Å². The number of thiazole rings is 1. The molecule has 188 valence electrons. The van der Waals surface area contributed by atoms with E-state index in [2.05, 4.69) is 30.9 Å². The van der Waals surface area contributed by atoms with Crippen molar-refractivity contribution in [2.24, 2.45) is 0 Å². The molecule has 3 amide bonds. The van der Waals surface area contributed by atoms with Gasteiger partial charge in [0, 0.05) is 17.7 Å². The topological polar surface area (TPSA) is 126 Å². The summed E-state index contributed by atoms with van der Waals surface area (Å²) in [7, 11) is 0. The summed E-state index contributed by atoms with van der Waals surface area (Å²) in [5.41, 5.74) is -1.10. The highest BCUT2D eigenvalue weighted by Gasteiger charge is 2.34. The van der Waals surface area contributed by atoms with Crippen LogP contribution in [0.25, 0.3) is 0 Å². The minimum atomic E-state index is -4.91. The average molecular weight is 522 g/mol. The second-order valence-corrected chi connectivity index (χ2v) is 8.92. The van der Waals surface area contributed by atoms with Crippen molar-refractivity contribution in [2.75, 3.05) is 10.6 Å². The second kappa shape index (κ2) is 9.97. The first-order valence-corrected chi connectivity index (χ1v) is 11.4. The van der Waals surface area contributed by atoms with Gasteiger partial charge in [-0.05, 0) is 38.0 Å². The van der Waals surface area contributed by atoms with Gasteiger partial charge in [0.15, 0.2) is 0 Å². The molecule has 0 radical (unpaired) electrons. The van der Waals surface area contributed by atoms with Crippen molar-refractivity contribution in [3.8, 4) is 0 Å². The monoisotopic (exact) mass is 522 g/mol. The Bertz CT molecular complexity index is 1340. The zero-order valence-electron chi connectivity index (χ0n) is 18.6. The van der Waals surface area contributed by atoms with Crippen LogP contribution in [0.15, 0.2) is 30.7 Å². The standard InChI is InChI=1S/C22H18F4N6O3S/c1-10(30-20(35)17-12-3-2-4-16(33)32-18(12)29-9-28-17)21-27-8-15(36-21)19(34)31-11-5-6-14(23)13(7-11)22(24,25)26/h5-10H,2-4H2,1H3,(H,30,35)(H,31,34)(H,28,29,32,33). The first-order valence-electron chi connectivity index (χ1n) is 10.6. The minimum absolute atomic E-state index is 0.0719. The van der Waals surface area contributed by atoms with Crippen molar-refractivity contribution in [1.29, 1.82) is 0 Å². The van der Waals surface area contributed by atoms with E-state index in [1.54, 1.807) is 6.92 Å². The van der Waals surface area contributed by atoms with Gasteiger partial charge in [-0.2, -0.15) is 13.2 Å². The molecule has 14 heteroatoms. The van der Waals surface area contributed by atoms with Crippen LogP contribution in [-0.2, 0) is 17.4 Å². The first kappa shape index (κ1) is 25.2. The van der Waals surface area contributed by atoms with Crippen LogP contribution < -0.4 is 16.0 Å². The summed E-state index contributed by atoms with van der Waals surface area (Å²) in [4.78, 5) is 49.4. The number of aromatic nitrogens is 3. The fourth-order valence-electron chi connectivity index (χ4n) is 3.51. The number of amides is 3. The van der Waals surface area contributed by atoms with Crippen molar-refractivity contribution < 1.29 is 31.9 Å². The van der Waals surface area contributed by atoms with E-state index in [9.17, 15) is 31.9 Å². The average Bonchev–Trinajstić information content (AvgIpc) is 3.23. The highest BCUT2D eigenvalue weighted by molar-refractivity contribution is 7.13. The van der Waals surface area contributed by atoms with Gasteiger partial charge in [0.1, 0.15) is 33.5 Å². The van der Waals surface area contributed by atoms with E-state index in [1.165, 1.54) is 12.5 Å². The maximum absolute atomic E-state index is 13.5. The molecule has 2 aromatic heterocycles. The molecule has 1 aliphatic heterocycles. The Labute approximate surface area is 205 Å². The van der Waals surface area contributed by atoms with Crippen molar-refractivity contribution in [3.05, 3.63) is 63.2 Å². The first-order chi connectivity index (χ1) is 17.0. The third-order valence-electron chi connectivity index (χ3n) is 5.24. The lowest BCUT2D eigenvalue weighted by Crippen LogP contribution is -2.29. The molecule has 0 saturated carbocycles. The highest BCUT2D eigenvalue weighted by atomic mass is 32.1. The van der Waals surface area contributed by atoms with Crippen LogP contribution in [0.4, 0.5) is 29.1 Å². The van der Waals surface area contributed by atoms with E-state index in [0.717, 1.165) is 17.4 Å². The zero-order valence-corrected chi connectivity index (χ0v) is 19.4. The maximum Gasteiger partial charge on any atom is 0.419 e. The lowest BCUT2D eigenvalue weighted by atomic mass is 10.1. The van der Waals surface area contributed by atoms with Gasteiger partial charge in [0.25, 0.3) is 11.8 Å². The summed E-state index contributed by atoms with van der Waals surface area (Å²) < 4.78 is 52.2. The van der Waals surface area contributed by atoms with E-state index in [4.69, 9.17) is 0 Å². The second-order valence-electron chi connectivity index (χ2n) is 7.86. The molecule has 1 atom stereocenters. The van der Waals surface area contributed by atoms with Crippen LogP contribution in [0.3, 0.4) is 0 Å². The molecule has 0 aliphatic carbocycles. The Morgan fingerprint density at radius 3 is 2.67 bits per heavy atom. The molecular weight excluding hydrogens is 504 g/mol. The normalized spacial score (nSPS) is 14.3. The van der Waals surface area contributed by atoms with Crippen molar-refractivity contribution in [1.82, 2.24) is 20.3 Å². The number of nitrogens with one attached hydrogen (secondary N) is 3. The number of hydrogen-bond donors (Lipinski definition) is 3. The molecule has 0 saturated heterocycles. The Balaban J connectivity index is 1.45. The van der Waals surface area contributed by atoms with Crippen LogP contribution in [0.1, 0.15) is 62.1 Å². The van der Waals surface area contributed by atoms with Gasteiger partial charge in [-0.3, -0.25) is 14.4 Å². The smallest absolute Gasteiger partial charge is 0.342 e. The number of rotatable bonds is 5.